The predicted molar refractivity (Wildman–Crippen MR) is 35.0 cm³/mol. The number of halogens is 2. The Balaban J connectivity index is 3.36. The van der Waals surface area contributed by atoms with Crippen molar-refractivity contribution in [2.45, 2.75) is 0 Å². The predicted octanol–water partition coefficient (Wildman–Crippen LogP) is 1.21. The highest BCUT2D eigenvalue weighted by Gasteiger charge is 2.17. The van der Waals surface area contributed by atoms with Crippen molar-refractivity contribution in [2.75, 3.05) is 0 Å². The lowest BCUT2D eigenvalue weighted by Crippen LogP contribution is -2.13. The van der Waals surface area contributed by atoms with Crippen molar-refractivity contribution in [1.29, 1.82) is 0 Å². The van der Waals surface area contributed by atoms with Gasteiger partial charge in [0.25, 0.3) is 5.91 Å². The second-order valence-corrected chi connectivity index (χ2v) is 2.10. The average Bonchev–Trinajstić information content (AvgIpc) is 2.00. The van der Waals surface area contributed by atoms with Gasteiger partial charge in [0, 0.05) is 0 Å². The van der Waals surface area contributed by atoms with E-state index in [9.17, 15) is 18.7 Å². The molecule has 0 spiro atoms. The monoisotopic (exact) mass is 172 g/mol. The zero-order valence-electron chi connectivity index (χ0n) is 5.80. The quantitative estimate of drug-likeness (QED) is 0.679. The minimum atomic E-state index is -1.44. The van der Waals surface area contributed by atoms with E-state index in [1.165, 1.54) is 0 Å². The number of nitrogens with two attached hydrogens (primary N) is 1. The highest BCUT2D eigenvalue weighted by Crippen LogP contribution is 2.22. The Bertz CT molecular complexity index is 338. The van der Waals surface area contributed by atoms with Crippen molar-refractivity contribution in [3.8, 4) is 5.75 Å². The van der Waals surface area contributed by atoms with Crippen LogP contribution in [0.4, 0.5) is 8.78 Å². The van der Waals surface area contributed by atoms with Crippen LogP contribution in [0.2, 0.25) is 0 Å². The molecule has 63 valence electrons. The summed E-state index contributed by atoms with van der Waals surface area (Å²) in [6.07, 6.45) is 0. The standard InChI is InChI=1S/C7H4F2NO2/c8-4-2-1-3(7(10)12)5(9)6(4)11/h1-2H,(H2,10,12). The number of rotatable bonds is 1. The molecule has 0 saturated carbocycles. The van der Waals surface area contributed by atoms with Gasteiger partial charge in [-0.3, -0.25) is 9.90 Å². The first-order valence-electron chi connectivity index (χ1n) is 2.99. The molecule has 1 aromatic rings. The Hall–Kier alpha value is -1.65. The van der Waals surface area contributed by atoms with Gasteiger partial charge in [-0.25, -0.2) is 8.78 Å². The molecule has 1 amide bonds. The Labute approximate surface area is 66.4 Å². The maximum Gasteiger partial charge on any atom is 0.251 e. The van der Waals surface area contributed by atoms with E-state index in [1.54, 1.807) is 0 Å². The van der Waals surface area contributed by atoms with Gasteiger partial charge in [-0.1, -0.05) is 0 Å². The SMILES string of the molecule is NC(=O)c1ccc(F)c([O])c1F. The molecule has 1 radical (unpaired) electrons. The average molecular weight is 172 g/mol. The molecule has 3 nitrogen and oxygen atoms in total. The maximum absolute atomic E-state index is 12.7. The van der Waals surface area contributed by atoms with Gasteiger partial charge >= 0.3 is 0 Å². The van der Waals surface area contributed by atoms with Crippen molar-refractivity contribution in [1.82, 2.24) is 0 Å². The molecule has 0 heterocycles. The number of hydrogen-bond donors (Lipinski definition) is 1. The minimum absolute atomic E-state index is 0.596. The van der Waals surface area contributed by atoms with Crippen LogP contribution >= 0.6 is 0 Å². The molecule has 0 aliphatic heterocycles. The lowest BCUT2D eigenvalue weighted by Gasteiger charge is -1.98. The third-order valence-corrected chi connectivity index (χ3v) is 1.31. The molecule has 0 atom stereocenters. The molecule has 0 unspecified atom stereocenters. The first kappa shape index (κ1) is 8.45. The fourth-order valence-electron chi connectivity index (χ4n) is 0.723. The van der Waals surface area contributed by atoms with Gasteiger partial charge in [0.2, 0.25) is 5.75 Å². The van der Waals surface area contributed by atoms with E-state index in [-0.39, 0.29) is 0 Å². The number of benzene rings is 1. The summed E-state index contributed by atoms with van der Waals surface area (Å²) in [7, 11) is 0. The number of amides is 1. The largest absolute Gasteiger partial charge is 0.366 e. The molecule has 0 fully saturated rings. The van der Waals surface area contributed by atoms with Crippen molar-refractivity contribution in [3.05, 3.63) is 29.3 Å². The molecule has 0 aromatic heterocycles. The van der Waals surface area contributed by atoms with Crippen LogP contribution in [-0.4, -0.2) is 5.91 Å². The Morgan fingerprint density at radius 1 is 1.33 bits per heavy atom. The minimum Gasteiger partial charge on any atom is -0.366 e. The van der Waals surface area contributed by atoms with Gasteiger partial charge in [-0.2, -0.15) is 0 Å². The van der Waals surface area contributed by atoms with E-state index in [0.29, 0.717) is 6.07 Å². The lowest BCUT2D eigenvalue weighted by molar-refractivity contribution is 0.0995. The normalized spacial score (nSPS) is 9.83. The summed E-state index contributed by atoms with van der Waals surface area (Å²) in [5.74, 6) is -5.21. The molecule has 5 heteroatoms. The van der Waals surface area contributed by atoms with Crippen molar-refractivity contribution >= 4 is 5.91 Å². The fourth-order valence-corrected chi connectivity index (χ4v) is 0.723. The van der Waals surface area contributed by atoms with Crippen molar-refractivity contribution in [2.24, 2.45) is 5.73 Å². The summed E-state index contributed by atoms with van der Waals surface area (Å²) in [5, 5.41) is 10.5. The molecular formula is C7H4F2NO2. The Morgan fingerprint density at radius 3 is 2.42 bits per heavy atom. The molecule has 2 N–H and O–H groups in total. The molecule has 0 aliphatic rings. The Morgan fingerprint density at radius 2 is 1.92 bits per heavy atom. The molecular weight excluding hydrogens is 168 g/mol. The van der Waals surface area contributed by atoms with E-state index in [2.05, 4.69) is 0 Å². The van der Waals surface area contributed by atoms with Gasteiger partial charge in [-0.15, -0.1) is 0 Å². The molecule has 1 rings (SSSR count). The van der Waals surface area contributed by atoms with Crippen LogP contribution in [0.3, 0.4) is 0 Å². The van der Waals surface area contributed by atoms with Crippen molar-refractivity contribution in [3.63, 3.8) is 0 Å². The van der Waals surface area contributed by atoms with Crippen LogP contribution in [0.1, 0.15) is 10.4 Å². The summed E-state index contributed by atoms with van der Waals surface area (Å²) in [4.78, 5) is 10.4. The summed E-state index contributed by atoms with van der Waals surface area (Å²) >= 11 is 0. The van der Waals surface area contributed by atoms with Gasteiger partial charge < -0.3 is 5.73 Å². The second-order valence-electron chi connectivity index (χ2n) is 2.10. The van der Waals surface area contributed by atoms with E-state index in [1.807, 2.05) is 0 Å². The lowest BCUT2D eigenvalue weighted by atomic mass is 10.2. The highest BCUT2D eigenvalue weighted by molar-refractivity contribution is 5.93. The van der Waals surface area contributed by atoms with Crippen LogP contribution in [0.25, 0.3) is 0 Å². The van der Waals surface area contributed by atoms with Gasteiger partial charge in [0.15, 0.2) is 11.6 Å². The maximum atomic E-state index is 12.7. The summed E-state index contributed by atoms with van der Waals surface area (Å²) in [6.45, 7) is 0. The second kappa shape index (κ2) is 2.77. The Kier molecular flexibility index (Phi) is 1.95. The molecule has 0 saturated heterocycles. The number of primary amides is 1. The van der Waals surface area contributed by atoms with Gasteiger partial charge in [0.05, 0.1) is 5.56 Å². The summed E-state index contributed by atoms with van der Waals surface area (Å²) in [6, 6.07) is 1.53. The van der Waals surface area contributed by atoms with Crippen LogP contribution < -0.4 is 5.73 Å². The van der Waals surface area contributed by atoms with Crippen LogP contribution in [0.5, 0.6) is 5.75 Å². The first-order valence-corrected chi connectivity index (χ1v) is 2.99. The smallest absolute Gasteiger partial charge is 0.251 e. The van der Waals surface area contributed by atoms with Gasteiger partial charge in [0.1, 0.15) is 0 Å². The first-order chi connectivity index (χ1) is 5.54. The van der Waals surface area contributed by atoms with Crippen LogP contribution in [0, 0.1) is 11.6 Å². The number of carbonyl (C=O) groups excluding carboxylic acids is 1. The van der Waals surface area contributed by atoms with Crippen LogP contribution in [0.15, 0.2) is 12.1 Å². The molecule has 0 bridgehead atoms. The van der Waals surface area contributed by atoms with Crippen LogP contribution in [-0.2, 0) is 5.11 Å². The van der Waals surface area contributed by atoms with Crippen molar-refractivity contribution < 1.29 is 18.7 Å². The summed E-state index contributed by atoms with van der Waals surface area (Å²) < 4.78 is 25.0. The topological polar surface area (TPSA) is 63.0 Å². The van der Waals surface area contributed by atoms with Gasteiger partial charge in [-0.05, 0) is 12.1 Å². The molecule has 12 heavy (non-hydrogen) atoms. The molecule has 1 aromatic carbocycles. The summed E-state index contributed by atoms with van der Waals surface area (Å²) in [5.41, 5.74) is 4.10. The molecule has 0 aliphatic carbocycles. The third-order valence-electron chi connectivity index (χ3n) is 1.31. The fraction of sp³-hybridized carbons (Fsp3) is 0. The van der Waals surface area contributed by atoms with E-state index >= 15 is 0 Å². The number of carbonyl (C=O) groups is 1. The van der Waals surface area contributed by atoms with E-state index in [4.69, 9.17) is 5.73 Å². The van der Waals surface area contributed by atoms with E-state index < -0.39 is 28.9 Å². The highest BCUT2D eigenvalue weighted by atomic mass is 19.1. The third kappa shape index (κ3) is 1.20. The van der Waals surface area contributed by atoms with E-state index in [0.717, 1.165) is 6.07 Å². The zero-order valence-corrected chi connectivity index (χ0v) is 5.80. The zero-order chi connectivity index (χ0) is 9.30. The number of hydrogen-bond acceptors (Lipinski definition) is 1.